The van der Waals surface area contributed by atoms with Gasteiger partial charge < -0.3 is 5.32 Å². The third-order valence-electron chi connectivity index (χ3n) is 2.46. The lowest BCUT2D eigenvalue weighted by Crippen LogP contribution is -2.11. The third-order valence-corrected chi connectivity index (χ3v) is 4.75. The Balaban J connectivity index is 1.85. The summed E-state index contributed by atoms with van der Waals surface area (Å²) in [5.41, 5.74) is 0.262. The van der Waals surface area contributed by atoms with E-state index in [4.69, 9.17) is 0 Å². The summed E-state index contributed by atoms with van der Waals surface area (Å²) in [5, 5.41) is 6.59. The van der Waals surface area contributed by atoms with Crippen molar-refractivity contribution >= 4 is 22.7 Å². The van der Waals surface area contributed by atoms with E-state index in [-0.39, 0.29) is 5.41 Å². The van der Waals surface area contributed by atoms with E-state index in [9.17, 15) is 0 Å². The molecule has 2 nitrogen and oxygen atoms in total. The van der Waals surface area contributed by atoms with Gasteiger partial charge in [-0.05, 0) is 17.5 Å². The van der Waals surface area contributed by atoms with Gasteiger partial charge in [-0.3, -0.25) is 0 Å². The first-order valence-electron chi connectivity index (χ1n) is 5.74. The highest BCUT2D eigenvalue weighted by molar-refractivity contribution is 7.12. The van der Waals surface area contributed by atoms with Crippen LogP contribution in [0, 0.1) is 0 Å². The minimum atomic E-state index is 0.262. The van der Waals surface area contributed by atoms with Crippen LogP contribution in [0.1, 0.15) is 35.5 Å². The van der Waals surface area contributed by atoms with E-state index < -0.39 is 0 Å². The molecule has 0 atom stereocenters. The molecule has 0 aliphatic carbocycles. The Hall–Kier alpha value is -0.710. The molecule has 0 unspecified atom stereocenters. The van der Waals surface area contributed by atoms with Crippen LogP contribution < -0.4 is 5.32 Å². The minimum Gasteiger partial charge on any atom is -0.306 e. The standard InChI is InChI=1S/C13H18N2S2/c1-13(2,3)11-5-4-10(17-11)8-14-9-12-15-6-7-16-12/h4-7,14H,8-9H2,1-3H3. The van der Waals surface area contributed by atoms with E-state index in [1.54, 1.807) is 11.3 Å². The highest BCUT2D eigenvalue weighted by Crippen LogP contribution is 2.29. The van der Waals surface area contributed by atoms with Gasteiger partial charge in [0.2, 0.25) is 0 Å². The van der Waals surface area contributed by atoms with Crippen molar-refractivity contribution in [3.63, 3.8) is 0 Å². The monoisotopic (exact) mass is 266 g/mol. The molecule has 17 heavy (non-hydrogen) atoms. The lowest BCUT2D eigenvalue weighted by atomic mass is 9.95. The second kappa shape index (κ2) is 5.29. The summed E-state index contributed by atoms with van der Waals surface area (Å²) >= 11 is 3.59. The van der Waals surface area contributed by atoms with Crippen molar-refractivity contribution in [1.82, 2.24) is 10.3 Å². The molecule has 2 heterocycles. The van der Waals surface area contributed by atoms with Crippen molar-refractivity contribution in [3.8, 4) is 0 Å². The van der Waals surface area contributed by atoms with Gasteiger partial charge in [0, 0.05) is 34.4 Å². The van der Waals surface area contributed by atoms with Gasteiger partial charge in [-0.1, -0.05) is 20.8 Å². The van der Waals surface area contributed by atoms with Crippen LogP contribution in [0.5, 0.6) is 0 Å². The van der Waals surface area contributed by atoms with E-state index in [1.807, 2.05) is 22.9 Å². The average Bonchev–Trinajstić information content (AvgIpc) is 2.86. The van der Waals surface area contributed by atoms with E-state index in [1.165, 1.54) is 9.75 Å². The summed E-state index contributed by atoms with van der Waals surface area (Å²) in [6.07, 6.45) is 1.85. The molecule has 92 valence electrons. The van der Waals surface area contributed by atoms with Crippen LogP contribution in [0.2, 0.25) is 0 Å². The van der Waals surface area contributed by atoms with Crippen LogP contribution in [0.25, 0.3) is 0 Å². The molecule has 4 heteroatoms. The Morgan fingerprint density at radius 2 is 2.06 bits per heavy atom. The highest BCUT2D eigenvalue weighted by atomic mass is 32.1. The first kappa shape index (κ1) is 12.7. The molecule has 0 saturated carbocycles. The van der Waals surface area contributed by atoms with Gasteiger partial charge in [0.15, 0.2) is 0 Å². The SMILES string of the molecule is CC(C)(C)c1ccc(CNCc2nccs2)s1. The van der Waals surface area contributed by atoms with Gasteiger partial charge in [0.05, 0.1) is 0 Å². The Morgan fingerprint density at radius 1 is 1.24 bits per heavy atom. The van der Waals surface area contributed by atoms with E-state index >= 15 is 0 Å². The molecule has 2 aromatic heterocycles. The van der Waals surface area contributed by atoms with Crippen LogP contribution in [-0.2, 0) is 18.5 Å². The topological polar surface area (TPSA) is 24.9 Å². The number of thiophene rings is 1. The molecule has 2 aromatic rings. The lowest BCUT2D eigenvalue weighted by molar-refractivity contribution is 0.604. The molecule has 0 aromatic carbocycles. The zero-order valence-electron chi connectivity index (χ0n) is 10.5. The quantitative estimate of drug-likeness (QED) is 0.910. The summed E-state index contributed by atoms with van der Waals surface area (Å²) in [6, 6.07) is 4.46. The second-order valence-electron chi connectivity index (χ2n) is 5.05. The highest BCUT2D eigenvalue weighted by Gasteiger charge is 2.15. The maximum Gasteiger partial charge on any atom is 0.106 e. The lowest BCUT2D eigenvalue weighted by Gasteiger charge is -2.15. The van der Waals surface area contributed by atoms with Gasteiger partial charge in [0.25, 0.3) is 0 Å². The molecule has 1 N–H and O–H groups in total. The van der Waals surface area contributed by atoms with Crippen LogP contribution in [-0.4, -0.2) is 4.98 Å². The second-order valence-corrected chi connectivity index (χ2v) is 7.19. The Morgan fingerprint density at radius 3 is 2.65 bits per heavy atom. The third kappa shape index (κ3) is 3.63. The number of hydrogen-bond acceptors (Lipinski definition) is 4. The van der Waals surface area contributed by atoms with Gasteiger partial charge in [0.1, 0.15) is 5.01 Å². The summed E-state index contributed by atoms with van der Waals surface area (Å²) in [5.74, 6) is 0. The molecular formula is C13H18N2S2. The smallest absolute Gasteiger partial charge is 0.106 e. The first-order valence-corrected chi connectivity index (χ1v) is 7.43. The molecule has 2 rings (SSSR count). The number of rotatable bonds is 4. The van der Waals surface area contributed by atoms with Crippen LogP contribution in [0.15, 0.2) is 23.7 Å². The Labute approximate surface area is 111 Å². The van der Waals surface area contributed by atoms with E-state index in [0.717, 1.165) is 18.1 Å². The first-order chi connectivity index (χ1) is 8.05. The van der Waals surface area contributed by atoms with Gasteiger partial charge in [-0.2, -0.15) is 0 Å². The van der Waals surface area contributed by atoms with Crippen LogP contribution in [0.3, 0.4) is 0 Å². The fourth-order valence-corrected chi connectivity index (χ4v) is 3.13. The zero-order chi connectivity index (χ0) is 12.3. The van der Waals surface area contributed by atoms with Crippen molar-refractivity contribution in [1.29, 1.82) is 0 Å². The predicted octanol–water partition coefficient (Wildman–Crippen LogP) is 3.79. The van der Waals surface area contributed by atoms with Gasteiger partial charge in [-0.25, -0.2) is 4.98 Å². The average molecular weight is 266 g/mol. The minimum absolute atomic E-state index is 0.262. The van der Waals surface area contributed by atoms with Gasteiger partial charge in [-0.15, -0.1) is 22.7 Å². The number of nitrogens with zero attached hydrogens (tertiary/aromatic N) is 1. The zero-order valence-corrected chi connectivity index (χ0v) is 12.1. The van der Waals surface area contributed by atoms with Crippen molar-refractivity contribution < 1.29 is 0 Å². The molecule has 0 fully saturated rings. The molecule has 0 radical (unpaired) electrons. The Bertz CT molecular complexity index is 452. The normalized spacial score (nSPS) is 11.9. The van der Waals surface area contributed by atoms with Crippen LogP contribution in [0.4, 0.5) is 0 Å². The molecule has 0 spiro atoms. The van der Waals surface area contributed by atoms with E-state index in [0.29, 0.717) is 0 Å². The molecule has 0 saturated heterocycles. The maximum atomic E-state index is 4.25. The van der Waals surface area contributed by atoms with E-state index in [2.05, 4.69) is 43.2 Å². The van der Waals surface area contributed by atoms with Crippen LogP contribution >= 0.6 is 22.7 Å². The summed E-state index contributed by atoms with van der Waals surface area (Å²) in [4.78, 5) is 7.09. The molecule has 0 aliphatic heterocycles. The number of aromatic nitrogens is 1. The van der Waals surface area contributed by atoms with Gasteiger partial charge >= 0.3 is 0 Å². The molecule has 0 aliphatic rings. The fourth-order valence-electron chi connectivity index (χ4n) is 1.51. The fraction of sp³-hybridized carbons (Fsp3) is 0.462. The largest absolute Gasteiger partial charge is 0.306 e. The molecule has 0 bridgehead atoms. The summed E-state index contributed by atoms with van der Waals surface area (Å²) in [6.45, 7) is 8.56. The summed E-state index contributed by atoms with van der Waals surface area (Å²) in [7, 11) is 0. The van der Waals surface area contributed by atoms with Crippen molar-refractivity contribution in [2.45, 2.75) is 39.3 Å². The molecule has 0 amide bonds. The number of nitrogens with one attached hydrogen (secondary N) is 1. The van der Waals surface area contributed by atoms with Crippen molar-refractivity contribution in [2.75, 3.05) is 0 Å². The maximum absolute atomic E-state index is 4.25. The Kier molecular flexibility index (Phi) is 3.97. The van der Waals surface area contributed by atoms with Crippen molar-refractivity contribution in [2.24, 2.45) is 0 Å². The summed E-state index contributed by atoms with van der Waals surface area (Å²) < 4.78 is 0. The molecular weight excluding hydrogens is 248 g/mol. The predicted molar refractivity (Wildman–Crippen MR) is 75.7 cm³/mol. The van der Waals surface area contributed by atoms with Crippen molar-refractivity contribution in [3.05, 3.63) is 38.5 Å². The number of thiazole rings is 1. The number of hydrogen-bond donors (Lipinski definition) is 1.